The summed E-state index contributed by atoms with van der Waals surface area (Å²) in [6, 6.07) is 78.2. The summed E-state index contributed by atoms with van der Waals surface area (Å²) in [6.45, 7) is 0. The van der Waals surface area contributed by atoms with Crippen molar-refractivity contribution in [1.82, 2.24) is 0 Å². The average molecular weight is 750 g/mol. The molecule has 11 aromatic rings. The molecule has 0 N–H and O–H groups in total. The number of fused-ring (bicyclic) bond motifs is 16. The van der Waals surface area contributed by atoms with Crippen LogP contribution in [-0.2, 0) is 5.41 Å². The lowest BCUT2D eigenvalue weighted by atomic mass is 9.70. The Hall–Kier alpha value is -7.68. The number of benzene rings is 10. The molecule has 2 nitrogen and oxygen atoms in total. The minimum Gasteiger partial charge on any atom is -0.455 e. The standard InChI is InChI=1S/C57H35NO/c1-2-13-36(14-3-1)40-26-29-44-45-30-28-42(58(41-27-25-37-15-4-5-17-39(37)33-41)53-23-12-18-38-16-6-7-19-43(38)53)35-52(45)57(51(44)34-40)49-22-10-8-21-48(49)55-50(57)32-31-47-46-20-9-11-24-54(46)59-56(47)55/h1-35H. The molecule has 1 unspecified atom stereocenters. The molecule has 0 saturated heterocycles. The molecule has 274 valence electrons. The summed E-state index contributed by atoms with van der Waals surface area (Å²) in [5.74, 6) is 0. The van der Waals surface area contributed by atoms with Crippen LogP contribution in [0.3, 0.4) is 0 Å². The van der Waals surface area contributed by atoms with Gasteiger partial charge in [-0.3, -0.25) is 0 Å². The van der Waals surface area contributed by atoms with Crippen LogP contribution in [0, 0.1) is 0 Å². The van der Waals surface area contributed by atoms with Gasteiger partial charge in [-0.1, -0.05) is 170 Å². The number of nitrogens with zero attached hydrogens (tertiary/aromatic N) is 1. The Balaban J connectivity index is 1.14. The van der Waals surface area contributed by atoms with Crippen molar-refractivity contribution in [2.24, 2.45) is 0 Å². The van der Waals surface area contributed by atoms with Gasteiger partial charge in [0.1, 0.15) is 11.2 Å². The normalized spacial score (nSPS) is 14.8. The molecule has 0 radical (unpaired) electrons. The number of anilines is 3. The molecule has 0 fully saturated rings. The van der Waals surface area contributed by atoms with Crippen LogP contribution < -0.4 is 4.90 Å². The van der Waals surface area contributed by atoms with Crippen LogP contribution in [-0.4, -0.2) is 0 Å². The highest BCUT2D eigenvalue weighted by atomic mass is 16.3. The first kappa shape index (κ1) is 32.4. The maximum Gasteiger partial charge on any atom is 0.143 e. The topological polar surface area (TPSA) is 16.4 Å². The van der Waals surface area contributed by atoms with Crippen LogP contribution in [0.5, 0.6) is 0 Å². The van der Waals surface area contributed by atoms with E-state index >= 15 is 0 Å². The van der Waals surface area contributed by atoms with Gasteiger partial charge in [-0.15, -0.1) is 0 Å². The molecular weight excluding hydrogens is 715 g/mol. The Morgan fingerprint density at radius 3 is 1.93 bits per heavy atom. The van der Waals surface area contributed by atoms with E-state index in [-0.39, 0.29) is 0 Å². The van der Waals surface area contributed by atoms with Crippen LogP contribution in [0.2, 0.25) is 0 Å². The molecule has 59 heavy (non-hydrogen) atoms. The second-order valence-corrected chi connectivity index (χ2v) is 16.0. The maximum absolute atomic E-state index is 6.87. The van der Waals surface area contributed by atoms with E-state index in [2.05, 4.69) is 217 Å². The molecule has 0 aliphatic heterocycles. The predicted molar refractivity (Wildman–Crippen MR) is 245 cm³/mol. The molecule has 1 atom stereocenters. The predicted octanol–water partition coefficient (Wildman–Crippen LogP) is 15.4. The molecule has 2 aliphatic carbocycles. The van der Waals surface area contributed by atoms with Crippen molar-refractivity contribution in [3.05, 3.63) is 235 Å². The van der Waals surface area contributed by atoms with E-state index in [9.17, 15) is 0 Å². The Bertz CT molecular complexity index is 3520. The molecular formula is C57H35NO. The summed E-state index contributed by atoms with van der Waals surface area (Å²) in [4.78, 5) is 2.46. The van der Waals surface area contributed by atoms with E-state index in [1.165, 1.54) is 77.2 Å². The first-order valence-electron chi connectivity index (χ1n) is 20.4. The number of rotatable bonds is 4. The summed E-state index contributed by atoms with van der Waals surface area (Å²) in [5, 5.41) is 7.14. The summed E-state index contributed by atoms with van der Waals surface area (Å²) < 4.78 is 6.87. The molecule has 10 aromatic carbocycles. The van der Waals surface area contributed by atoms with Crippen molar-refractivity contribution in [2.45, 2.75) is 5.41 Å². The summed E-state index contributed by atoms with van der Waals surface area (Å²) in [6.07, 6.45) is 0. The van der Waals surface area contributed by atoms with Gasteiger partial charge in [0, 0.05) is 33.1 Å². The van der Waals surface area contributed by atoms with Crippen LogP contribution in [0.15, 0.2) is 217 Å². The van der Waals surface area contributed by atoms with E-state index < -0.39 is 5.41 Å². The average Bonchev–Trinajstić information content (AvgIpc) is 3.93. The van der Waals surface area contributed by atoms with Crippen LogP contribution in [0.1, 0.15) is 22.3 Å². The maximum atomic E-state index is 6.87. The molecule has 2 heteroatoms. The summed E-state index contributed by atoms with van der Waals surface area (Å²) in [7, 11) is 0. The first-order chi connectivity index (χ1) is 29.3. The lowest BCUT2D eigenvalue weighted by Gasteiger charge is -2.32. The number of furan rings is 1. The van der Waals surface area contributed by atoms with Crippen LogP contribution in [0.25, 0.3) is 76.9 Å². The fourth-order valence-corrected chi connectivity index (χ4v) is 10.5. The van der Waals surface area contributed by atoms with Gasteiger partial charge in [-0.05, 0) is 109 Å². The Morgan fingerprint density at radius 2 is 1.03 bits per heavy atom. The molecule has 0 amide bonds. The minimum atomic E-state index is -0.599. The second-order valence-electron chi connectivity index (χ2n) is 16.0. The van der Waals surface area contributed by atoms with Crippen LogP contribution in [0.4, 0.5) is 17.1 Å². The molecule has 1 heterocycles. The van der Waals surface area contributed by atoms with E-state index in [4.69, 9.17) is 4.42 Å². The third-order valence-corrected chi connectivity index (χ3v) is 13.0. The smallest absolute Gasteiger partial charge is 0.143 e. The minimum absolute atomic E-state index is 0.599. The van der Waals surface area contributed by atoms with Gasteiger partial charge in [-0.2, -0.15) is 0 Å². The third kappa shape index (κ3) is 4.46. The number of para-hydroxylation sites is 1. The summed E-state index contributed by atoms with van der Waals surface area (Å²) in [5.41, 5.74) is 17.1. The fourth-order valence-electron chi connectivity index (χ4n) is 10.5. The van der Waals surface area contributed by atoms with Gasteiger partial charge >= 0.3 is 0 Å². The van der Waals surface area contributed by atoms with E-state index in [0.29, 0.717) is 0 Å². The zero-order valence-electron chi connectivity index (χ0n) is 32.1. The van der Waals surface area contributed by atoms with Crippen molar-refractivity contribution >= 4 is 60.5 Å². The van der Waals surface area contributed by atoms with Gasteiger partial charge in [0.2, 0.25) is 0 Å². The first-order valence-corrected chi connectivity index (χ1v) is 20.4. The highest BCUT2D eigenvalue weighted by Gasteiger charge is 2.53. The zero-order valence-corrected chi connectivity index (χ0v) is 32.1. The lowest BCUT2D eigenvalue weighted by Crippen LogP contribution is -2.26. The highest BCUT2D eigenvalue weighted by Crippen LogP contribution is 2.65. The molecule has 0 bridgehead atoms. The van der Waals surface area contributed by atoms with Crippen molar-refractivity contribution in [3.8, 4) is 33.4 Å². The largest absolute Gasteiger partial charge is 0.455 e. The monoisotopic (exact) mass is 749 g/mol. The lowest BCUT2D eigenvalue weighted by molar-refractivity contribution is 0.669. The van der Waals surface area contributed by atoms with E-state index in [0.717, 1.165) is 39.0 Å². The Morgan fingerprint density at radius 1 is 0.356 bits per heavy atom. The molecule has 1 spiro atoms. The second kappa shape index (κ2) is 12.2. The van der Waals surface area contributed by atoms with Crippen molar-refractivity contribution in [1.29, 1.82) is 0 Å². The highest BCUT2D eigenvalue weighted by molar-refractivity contribution is 6.13. The van der Waals surface area contributed by atoms with Gasteiger partial charge in [0.15, 0.2) is 0 Å². The zero-order chi connectivity index (χ0) is 38.7. The molecule has 0 saturated carbocycles. The van der Waals surface area contributed by atoms with Gasteiger partial charge in [-0.25, -0.2) is 0 Å². The number of hydrogen-bond donors (Lipinski definition) is 0. The van der Waals surface area contributed by atoms with E-state index in [1.807, 2.05) is 0 Å². The molecule has 13 rings (SSSR count). The molecule has 2 aliphatic rings. The Kier molecular flexibility index (Phi) is 6.68. The Labute approximate surface area is 341 Å². The van der Waals surface area contributed by atoms with Gasteiger partial charge in [0.25, 0.3) is 0 Å². The van der Waals surface area contributed by atoms with E-state index in [1.54, 1.807) is 0 Å². The SMILES string of the molecule is c1ccc(-c2ccc3c(c2)C2(c4cc(N(c5ccc6ccccc6c5)c5cccc6ccccc56)ccc4-3)c3ccccc3-c3c2ccc2c3oc3ccccc32)cc1. The number of hydrogen-bond acceptors (Lipinski definition) is 2. The van der Waals surface area contributed by atoms with Crippen LogP contribution >= 0.6 is 0 Å². The fraction of sp³-hybridized carbons (Fsp3) is 0.0175. The van der Waals surface area contributed by atoms with Gasteiger partial charge in [0.05, 0.1) is 11.1 Å². The third-order valence-electron chi connectivity index (χ3n) is 13.0. The van der Waals surface area contributed by atoms with Crippen molar-refractivity contribution < 1.29 is 4.42 Å². The molecule has 1 aromatic heterocycles. The summed E-state index contributed by atoms with van der Waals surface area (Å²) >= 11 is 0. The quantitative estimate of drug-likeness (QED) is 0.178. The van der Waals surface area contributed by atoms with Gasteiger partial charge < -0.3 is 9.32 Å². The van der Waals surface area contributed by atoms with Crippen molar-refractivity contribution in [3.63, 3.8) is 0 Å². The van der Waals surface area contributed by atoms with Crippen molar-refractivity contribution in [2.75, 3.05) is 4.90 Å².